The lowest BCUT2D eigenvalue weighted by Crippen LogP contribution is -2.06. The molecule has 3 heteroatoms. The summed E-state index contributed by atoms with van der Waals surface area (Å²) in [4.78, 5) is 0. The second-order valence-corrected chi connectivity index (χ2v) is 2.68. The van der Waals surface area contributed by atoms with Crippen LogP contribution in [0.2, 0.25) is 0 Å². The highest BCUT2D eigenvalue weighted by atomic mass is 19.4. The zero-order valence-corrected chi connectivity index (χ0v) is 7.38. The van der Waals surface area contributed by atoms with Gasteiger partial charge in [-0.25, -0.2) is 0 Å². The molecule has 0 amide bonds. The minimum Gasteiger partial charge on any atom is -0.166 e. The SMILES string of the molecule is C=CC=Cc1ccccc1C(F)(F)F. The molecule has 0 nitrogen and oxygen atoms in total. The Bertz CT molecular complexity index is 348. The third-order valence-electron chi connectivity index (χ3n) is 1.68. The van der Waals surface area contributed by atoms with Crippen LogP contribution in [0.4, 0.5) is 13.2 Å². The molecule has 1 aromatic carbocycles. The van der Waals surface area contributed by atoms with Gasteiger partial charge in [-0.15, -0.1) is 0 Å². The van der Waals surface area contributed by atoms with Gasteiger partial charge in [-0.1, -0.05) is 43.0 Å². The highest BCUT2D eigenvalue weighted by Crippen LogP contribution is 2.32. The van der Waals surface area contributed by atoms with Crippen molar-refractivity contribution in [1.29, 1.82) is 0 Å². The summed E-state index contributed by atoms with van der Waals surface area (Å²) in [6.07, 6.45) is -0.00431. The molecule has 0 saturated heterocycles. The van der Waals surface area contributed by atoms with Crippen LogP contribution in [0.5, 0.6) is 0 Å². The maximum atomic E-state index is 12.4. The molecule has 0 radical (unpaired) electrons. The Morgan fingerprint density at radius 1 is 1.14 bits per heavy atom. The minimum absolute atomic E-state index is 0.153. The van der Waals surface area contributed by atoms with Gasteiger partial charge >= 0.3 is 6.18 Å². The van der Waals surface area contributed by atoms with E-state index in [2.05, 4.69) is 6.58 Å². The standard InChI is InChI=1S/C11H9F3/c1-2-3-6-9-7-4-5-8-10(9)11(12,13)14/h2-8H,1H2. The Kier molecular flexibility index (Phi) is 3.12. The number of benzene rings is 1. The summed E-state index contributed by atoms with van der Waals surface area (Å²) in [7, 11) is 0. The van der Waals surface area contributed by atoms with E-state index in [1.807, 2.05) is 0 Å². The third-order valence-corrected chi connectivity index (χ3v) is 1.68. The average molecular weight is 198 g/mol. The van der Waals surface area contributed by atoms with Gasteiger partial charge in [0, 0.05) is 0 Å². The molecule has 0 heterocycles. The van der Waals surface area contributed by atoms with Gasteiger partial charge in [-0.2, -0.15) is 13.2 Å². The van der Waals surface area contributed by atoms with E-state index in [-0.39, 0.29) is 5.56 Å². The number of hydrogen-bond donors (Lipinski definition) is 0. The zero-order valence-electron chi connectivity index (χ0n) is 7.38. The molecular formula is C11H9F3. The molecule has 0 spiro atoms. The number of hydrogen-bond acceptors (Lipinski definition) is 0. The van der Waals surface area contributed by atoms with Gasteiger partial charge in [-0.05, 0) is 11.6 Å². The van der Waals surface area contributed by atoms with Crippen molar-refractivity contribution < 1.29 is 13.2 Å². The molecule has 1 rings (SSSR count). The van der Waals surface area contributed by atoms with Crippen LogP contribution in [0.1, 0.15) is 11.1 Å². The Balaban J connectivity index is 3.16. The van der Waals surface area contributed by atoms with Crippen molar-refractivity contribution in [2.24, 2.45) is 0 Å². The Labute approximate surface area is 80.4 Å². The van der Waals surface area contributed by atoms with Crippen molar-refractivity contribution in [3.05, 3.63) is 54.1 Å². The van der Waals surface area contributed by atoms with Crippen LogP contribution in [0.15, 0.2) is 43.0 Å². The van der Waals surface area contributed by atoms with Crippen LogP contribution < -0.4 is 0 Å². The summed E-state index contributed by atoms with van der Waals surface area (Å²) in [6.45, 7) is 3.40. The fraction of sp³-hybridized carbons (Fsp3) is 0.0909. The Hall–Kier alpha value is -1.51. The fourth-order valence-corrected chi connectivity index (χ4v) is 1.07. The maximum Gasteiger partial charge on any atom is 0.416 e. The quantitative estimate of drug-likeness (QED) is 0.632. The summed E-state index contributed by atoms with van der Waals surface area (Å²) in [5, 5.41) is 0. The summed E-state index contributed by atoms with van der Waals surface area (Å²) in [5.74, 6) is 0. The Morgan fingerprint density at radius 2 is 1.79 bits per heavy atom. The molecule has 0 aromatic heterocycles. The molecule has 0 unspecified atom stereocenters. The zero-order chi connectivity index (χ0) is 10.6. The normalized spacial score (nSPS) is 11.9. The van der Waals surface area contributed by atoms with E-state index < -0.39 is 11.7 Å². The van der Waals surface area contributed by atoms with Crippen molar-refractivity contribution in [2.45, 2.75) is 6.18 Å². The molecule has 0 atom stereocenters. The number of allylic oxidation sites excluding steroid dienone is 2. The first-order valence-electron chi connectivity index (χ1n) is 4.01. The van der Waals surface area contributed by atoms with E-state index in [0.717, 1.165) is 6.07 Å². The predicted octanol–water partition coefficient (Wildman–Crippen LogP) is 3.90. The minimum atomic E-state index is -4.30. The summed E-state index contributed by atoms with van der Waals surface area (Å²) >= 11 is 0. The van der Waals surface area contributed by atoms with Gasteiger partial charge < -0.3 is 0 Å². The first-order valence-corrected chi connectivity index (χ1v) is 4.01. The predicted molar refractivity (Wildman–Crippen MR) is 50.7 cm³/mol. The van der Waals surface area contributed by atoms with Gasteiger partial charge in [0.15, 0.2) is 0 Å². The van der Waals surface area contributed by atoms with Gasteiger partial charge in [-0.3, -0.25) is 0 Å². The first-order chi connectivity index (χ1) is 6.55. The monoisotopic (exact) mass is 198 g/mol. The molecule has 74 valence electrons. The highest BCUT2D eigenvalue weighted by Gasteiger charge is 2.32. The summed E-state index contributed by atoms with van der Waals surface area (Å²) in [6, 6.07) is 5.41. The largest absolute Gasteiger partial charge is 0.416 e. The first kappa shape index (κ1) is 10.6. The van der Waals surface area contributed by atoms with Gasteiger partial charge in [0.05, 0.1) is 5.56 Å². The average Bonchev–Trinajstić information content (AvgIpc) is 2.14. The third kappa shape index (κ3) is 2.49. The van der Waals surface area contributed by atoms with Gasteiger partial charge in [0.25, 0.3) is 0 Å². The lowest BCUT2D eigenvalue weighted by molar-refractivity contribution is -0.137. The maximum absolute atomic E-state index is 12.4. The van der Waals surface area contributed by atoms with E-state index in [4.69, 9.17) is 0 Å². The Morgan fingerprint density at radius 3 is 2.36 bits per heavy atom. The lowest BCUT2D eigenvalue weighted by atomic mass is 10.1. The number of halogens is 3. The molecule has 0 aliphatic carbocycles. The molecule has 0 aliphatic rings. The molecule has 0 saturated carbocycles. The summed E-state index contributed by atoms with van der Waals surface area (Å²) in [5.41, 5.74) is -0.474. The van der Waals surface area contributed by atoms with E-state index in [1.165, 1.54) is 30.4 Å². The number of rotatable bonds is 2. The van der Waals surface area contributed by atoms with Gasteiger partial charge in [0.2, 0.25) is 0 Å². The smallest absolute Gasteiger partial charge is 0.166 e. The fourth-order valence-electron chi connectivity index (χ4n) is 1.07. The molecule has 0 N–H and O–H groups in total. The number of alkyl halides is 3. The second kappa shape index (κ2) is 4.13. The second-order valence-electron chi connectivity index (χ2n) is 2.68. The van der Waals surface area contributed by atoms with E-state index in [1.54, 1.807) is 6.07 Å². The van der Waals surface area contributed by atoms with Crippen molar-refractivity contribution in [3.63, 3.8) is 0 Å². The van der Waals surface area contributed by atoms with Crippen molar-refractivity contribution in [3.8, 4) is 0 Å². The van der Waals surface area contributed by atoms with Crippen LogP contribution in [-0.2, 0) is 6.18 Å². The van der Waals surface area contributed by atoms with Gasteiger partial charge in [0.1, 0.15) is 0 Å². The van der Waals surface area contributed by atoms with Crippen molar-refractivity contribution >= 4 is 6.08 Å². The molecule has 0 fully saturated rings. The van der Waals surface area contributed by atoms with Crippen molar-refractivity contribution in [2.75, 3.05) is 0 Å². The van der Waals surface area contributed by atoms with Crippen LogP contribution in [0.25, 0.3) is 6.08 Å². The van der Waals surface area contributed by atoms with Crippen LogP contribution in [0.3, 0.4) is 0 Å². The summed E-state index contributed by atoms with van der Waals surface area (Å²) < 4.78 is 37.2. The van der Waals surface area contributed by atoms with E-state index in [0.29, 0.717) is 0 Å². The van der Waals surface area contributed by atoms with Crippen LogP contribution in [0, 0.1) is 0 Å². The molecule has 0 bridgehead atoms. The molecule has 14 heavy (non-hydrogen) atoms. The van der Waals surface area contributed by atoms with Crippen LogP contribution >= 0.6 is 0 Å². The lowest BCUT2D eigenvalue weighted by Gasteiger charge is -2.09. The highest BCUT2D eigenvalue weighted by molar-refractivity contribution is 5.55. The van der Waals surface area contributed by atoms with E-state index >= 15 is 0 Å². The van der Waals surface area contributed by atoms with Crippen LogP contribution in [-0.4, -0.2) is 0 Å². The van der Waals surface area contributed by atoms with E-state index in [9.17, 15) is 13.2 Å². The molecule has 1 aromatic rings. The molecular weight excluding hydrogens is 189 g/mol. The molecule has 0 aliphatic heterocycles. The topological polar surface area (TPSA) is 0 Å². The van der Waals surface area contributed by atoms with Crippen molar-refractivity contribution in [1.82, 2.24) is 0 Å².